The van der Waals surface area contributed by atoms with Gasteiger partial charge in [-0.05, 0) is 16.5 Å². The first-order chi connectivity index (χ1) is 9.77. The number of amides is 1. The van der Waals surface area contributed by atoms with E-state index in [0.717, 1.165) is 5.56 Å². The van der Waals surface area contributed by atoms with Crippen molar-refractivity contribution in [1.29, 1.82) is 0 Å². The third kappa shape index (κ3) is 3.82. The van der Waals surface area contributed by atoms with Gasteiger partial charge in [-0.15, -0.1) is 11.3 Å². The van der Waals surface area contributed by atoms with E-state index in [1.54, 1.807) is 17.3 Å². The Balaban J connectivity index is 2.06. The van der Waals surface area contributed by atoms with Crippen LogP contribution >= 0.6 is 11.3 Å². The molecular formula is C16H21N3OS. The summed E-state index contributed by atoms with van der Waals surface area (Å²) in [6.07, 6.45) is 0. The minimum atomic E-state index is -0.108. The van der Waals surface area contributed by atoms with Crippen LogP contribution in [-0.4, -0.2) is 22.8 Å². The van der Waals surface area contributed by atoms with Crippen molar-refractivity contribution in [3.8, 4) is 0 Å². The van der Waals surface area contributed by atoms with Crippen LogP contribution in [0, 0.1) is 0 Å². The van der Waals surface area contributed by atoms with Crippen molar-refractivity contribution in [2.75, 3.05) is 12.8 Å². The molecule has 0 fully saturated rings. The molecule has 1 aromatic carbocycles. The Bertz CT molecular complexity index is 626. The zero-order chi connectivity index (χ0) is 15.6. The largest absolute Gasteiger partial charge is 0.375 e. The van der Waals surface area contributed by atoms with E-state index < -0.39 is 0 Å². The summed E-state index contributed by atoms with van der Waals surface area (Å²) in [6.45, 7) is 7.11. The summed E-state index contributed by atoms with van der Waals surface area (Å²) in [5.41, 5.74) is 8.49. The minimum absolute atomic E-state index is 0.108. The van der Waals surface area contributed by atoms with Crippen LogP contribution in [0.25, 0.3) is 0 Å². The maximum Gasteiger partial charge on any atom is 0.273 e. The van der Waals surface area contributed by atoms with E-state index in [-0.39, 0.29) is 11.3 Å². The normalized spacial score (nSPS) is 11.4. The Hall–Kier alpha value is -1.88. The molecule has 0 atom stereocenters. The summed E-state index contributed by atoms with van der Waals surface area (Å²) < 4.78 is 0. The Morgan fingerprint density at radius 1 is 1.29 bits per heavy atom. The number of anilines is 1. The van der Waals surface area contributed by atoms with Crippen LogP contribution in [0.5, 0.6) is 0 Å². The number of hydrogen-bond acceptors (Lipinski definition) is 4. The van der Waals surface area contributed by atoms with Gasteiger partial charge in [0.05, 0.1) is 0 Å². The number of nitrogens with zero attached hydrogens (tertiary/aromatic N) is 2. The first-order valence-corrected chi connectivity index (χ1v) is 7.71. The topological polar surface area (TPSA) is 59.2 Å². The van der Waals surface area contributed by atoms with Gasteiger partial charge < -0.3 is 10.6 Å². The molecule has 2 aromatic rings. The lowest BCUT2D eigenvalue weighted by Gasteiger charge is -2.20. The van der Waals surface area contributed by atoms with E-state index in [2.05, 4.69) is 50.0 Å². The summed E-state index contributed by atoms with van der Waals surface area (Å²) in [6, 6.07) is 8.38. The van der Waals surface area contributed by atoms with Gasteiger partial charge in [0, 0.05) is 19.0 Å². The number of nitrogens with two attached hydrogens (primary N) is 1. The Labute approximate surface area is 129 Å². The molecule has 112 valence electrons. The second kappa shape index (κ2) is 5.85. The van der Waals surface area contributed by atoms with E-state index in [4.69, 9.17) is 5.73 Å². The second-order valence-electron chi connectivity index (χ2n) is 6.18. The van der Waals surface area contributed by atoms with Crippen molar-refractivity contribution in [1.82, 2.24) is 9.88 Å². The highest BCUT2D eigenvalue weighted by Gasteiger charge is 2.16. The maximum atomic E-state index is 12.2. The molecule has 0 saturated heterocycles. The van der Waals surface area contributed by atoms with Crippen molar-refractivity contribution >= 4 is 22.4 Å². The number of carbonyl (C=O) groups excluding carboxylic acids is 1. The lowest BCUT2D eigenvalue weighted by molar-refractivity contribution is 0.0780. The van der Waals surface area contributed by atoms with Gasteiger partial charge in [-0.25, -0.2) is 4.98 Å². The summed E-state index contributed by atoms with van der Waals surface area (Å²) in [7, 11) is 1.77. The van der Waals surface area contributed by atoms with Crippen LogP contribution in [0.2, 0.25) is 0 Å². The fourth-order valence-electron chi connectivity index (χ4n) is 2.04. The van der Waals surface area contributed by atoms with Gasteiger partial charge >= 0.3 is 0 Å². The van der Waals surface area contributed by atoms with Crippen LogP contribution in [0.3, 0.4) is 0 Å². The van der Waals surface area contributed by atoms with Gasteiger partial charge in [0.25, 0.3) is 5.91 Å². The molecule has 0 unspecified atom stereocenters. The molecule has 0 spiro atoms. The number of hydrogen-bond donors (Lipinski definition) is 1. The highest BCUT2D eigenvalue weighted by atomic mass is 32.1. The Kier molecular flexibility index (Phi) is 4.32. The van der Waals surface area contributed by atoms with E-state index >= 15 is 0 Å². The number of aromatic nitrogens is 1. The fourth-order valence-corrected chi connectivity index (χ4v) is 2.57. The zero-order valence-corrected chi connectivity index (χ0v) is 13.7. The van der Waals surface area contributed by atoms with Gasteiger partial charge in [-0.1, -0.05) is 45.0 Å². The number of nitrogen functional groups attached to an aromatic ring is 1. The quantitative estimate of drug-likeness (QED) is 0.946. The van der Waals surface area contributed by atoms with E-state index in [0.29, 0.717) is 17.4 Å². The molecule has 4 nitrogen and oxygen atoms in total. The summed E-state index contributed by atoms with van der Waals surface area (Å²) in [4.78, 5) is 17.9. The maximum absolute atomic E-state index is 12.2. The van der Waals surface area contributed by atoms with Crippen molar-refractivity contribution in [3.63, 3.8) is 0 Å². The predicted molar refractivity (Wildman–Crippen MR) is 87.5 cm³/mol. The molecule has 1 heterocycles. The van der Waals surface area contributed by atoms with E-state index in [9.17, 15) is 4.79 Å². The van der Waals surface area contributed by atoms with Crippen LogP contribution in [0.4, 0.5) is 5.13 Å². The van der Waals surface area contributed by atoms with Gasteiger partial charge in [0.2, 0.25) is 0 Å². The van der Waals surface area contributed by atoms with Gasteiger partial charge in [0.15, 0.2) is 5.13 Å². The average molecular weight is 303 g/mol. The summed E-state index contributed by atoms with van der Waals surface area (Å²) in [5, 5.41) is 2.11. The predicted octanol–water partition coefficient (Wildman–Crippen LogP) is 3.30. The second-order valence-corrected chi connectivity index (χ2v) is 7.07. The number of thiazole rings is 1. The molecule has 0 bridgehead atoms. The monoisotopic (exact) mass is 303 g/mol. The molecule has 0 saturated carbocycles. The smallest absolute Gasteiger partial charge is 0.273 e. The summed E-state index contributed by atoms with van der Waals surface area (Å²) >= 11 is 1.28. The van der Waals surface area contributed by atoms with E-state index in [1.165, 1.54) is 16.9 Å². The average Bonchev–Trinajstić information content (AvgIpc) is 2.84. The molecule has 0 aliphatic carbocycles. The third-order valence-corrected chi connectivity index (χ3v) is 4.00. The highest BCUT2D eigenvalue weighted by Crippen LogP contribution is 2.22. The molecule has 0 radical (unpaired) electrons. The zero-order valence-electron chi connectivity index (χ0n) is 12.9. The molecule has 5 heteroatoms. The molecule has 21 heavy (non-hydrogen) atoms. The highest BCUT2D eigenvalue weighted by molar-refractivity contribution is 7.13. The molecule has 1 aromatic heterocycles. The number of benzene rings is 1. The Morgan fingerprint density at radius 2 is 1.90 bits per heavy atom. The lowest BCUT2D eigenvalue weighted by Crippen LogP contribution is -2.26. The summed E-state index contributed by atoms with van der Waals surface area (Å²) in [5.74, 6) is -0.108. The molecule has 2 N–H and O–H groups in total. The number of carbonyl (C=O) groups is 1. The first kappa shape index (κ1) is 15.5. The Morgan fingerprint density at radius 3 is 2.38 bits per heavy atom. The van der Waals surface area contributed by atoms with Crippen molar-refractivity contribution < 1.29 is 4.79 Å². The van der Waals surface area contributed by atoms with Crippen LogP contribution in [0.1, 0.15) is 42.4 Å². The molecular weight excluding hydrogens is 282 g/mol. The van der Waals surface area contributed by atoms with Crippen molar-refractivity contribution in [3.05, 3.63) is 46.5 Å². The number of rotatable bonds is 3. The van der Waals surface area contributed by atoms with Gasteiger partial charge in [0.1, 0.15) is 5.69 Å². The van der Waals surface area contributed by atoms with E-state index in [1.807, 2.05) is 0 Å². The van der Waals surface area contributed by atoms with Crippen LogP contribution < -0.4 is 5.73 Å². The molecule has 2 rings (SSSR count). The molecule has 0 aliphatic heterocycles. The van der Waals surface area contributed by atoms with Crippen LogP contribution in [-0.2, 0) is 12.0 Å². The van der Waals surface area contributed by atoms with Crippen LogP contribution in [0.15, 0.2) is 29.6 Å². The third-order valence-electron chi connectivity index (χ3n) is 3.33. The lowest BCUT2D eigenvalue weighted by atomic mass is 9.87. The molecule has 0 aliphatic rings. The van der Waals surface area contributed by atoms with Crippen molar-refractivity contribution in [2.24, 2.45) is 0 Å². The fraction of sp³-hybridized carbons (Fsp3) is 0.375. The first-order valence-electron chi connectivity index (χ1n) is 6.83. The minimum Gasteiger partial charge on any atom is -0.375 e. The SMILES string of the molecule is CN(Cc1ccc(C(C)(C)C)cc1)C(=O)c1csc(N)n1. The van der Waals surface area contributed by atoms with Crippen molar-refractivity contribution in [2.45, 2.75) is 32.7 Å². The standard InChI is InChI=1S/C16H21N3OS/c1-16(2,3)12-7-5-11(6-8-12)9-19(4)14(20)13-10-21-15(17)18-13/h5-8,10H,9H2,1-4H3,(H2,17,18). The van der Waals surface area contributed by atoms with Gasteiger partial charge in [-0.3, -0.25) is 4.79 Å². The van der Waals surface area contributed by atoms with Gasteiger partial charge in [-0.2, -0.15) is 0 Å². The molecule has 1 amide bonds.